The molecule has 0 bridgehead atoms. The molecule has 0 aromatic heterocycles. The second-order valence-electron chi connectivity index (χ2n) is 6.82. The van der Waals surface area contributed by atoms with E-state index in [1.807, 2.05) is 55.5 Å². The summed E-state index contributed by atoms with van der Waals surface area (Å²) in [6.07, 6.45) is 8.32. The number of terminal acetylenes is 1. The Morgan fingerprint density at radius 1 is 0.900 bits per heavy atom. The van der Waals surface area contributed by atoms with E-state index >= 15 is 0 Å². The van der Waals surface area contributed by atoms with Gasteiger partial charge in [-0.05, 0) is 54.1 Å². The van der Waals surface area contributed by atoms with Crippen LogP contribution in [0.3, 0.4) is 0 Å². The fraction of sp³-hybridized carbons (Fsp3) is 0.231. The first kappa shape index (κ1) is 21.1. The first-order chi connectivity index (χ1) is 14.6. The molecule has 0 aliphatic heterocycles. The van der Waals surface area contributed by atoms with Gasteiger partial charge in [-0.15, -0.1) is 6.42 Å². The van der Waals surface area contributed by atoms with Crippen molar-refractivity contribution in [3.8, 4) is 29.6 Å². The second kappa shape index (κ2) is 9.28. The third kappa shape index (κ3) is 4.06. The molecule has 0 fully saturated rings. The van der Waals surface area contributed by atoms with Gasteiger partial charge in [-0.25, -0.2) is 0 Å². The summed E-state index contributed by atoms with van der Waals surface area (Å²) in [6.45, 7) is 1.90. The maximum Gasteiger partial charge on any atom is 0.123 e. The highest BCUT2D eigenvalue weighted by molar-refractivity contribution is 5.89. The molecule has 0 spiro atoms. The largest absolute Gasteiger partial charge is 0.501 e. The molecule has 154 valence electrons. The molecule has 0 amide bonds. The van der Waals surface area contributed by atoms with Crippen molar-refractivity contribution < 1.29 is 18.9 Å². The summed E-state index contributed by atoms with van der Waals surface area (Å²) in [5.74, 6) is 5.87. The van der Waals surface area contributed by atoms with E-state index in [1.165, 1.54) is 0 Å². The van der Waals surface area contributed by atoms with E-state index in [9.17, 15) is 0 Å². The number of ether oxygens (including phenoxy) is 4. The Balaban J connectivity index is 2.30. The molecule has 0 unspecified atom stereocenters. The van der Waals surface area contributed by atoms with Crippen molar-refractivity contribution in [2.45, 2.75) is 13.3 Å². The Bertz CT molecular complexity index is 1130. The third-order valence-corrected chi connectivity index (χ3v) is 5.23. The average Bonchev–Trinajstić information content (AvgIpc) is 2.79. The molecule has 4 nitrogen and oxygen atoms in total. The van der Waals surface area contributed by atoms with Gasteiger partial charge in [-0.2, -0.15) is 0 Å². The molecule has 0 aliphatic rings. The van der Waals surface area contributed by atoms with Crippen molar-refractivity contribution in [1.29, 1.82) is 0 Å². The standard InChI is InChI=1S/C26H26O4/c1-7-18-9-12-25(29-5)23(21(18)14-17(2)27-3)16-24-22-15-20(28-4)11-8-19(22)10-13-26(24)30-6/h1,8-15H,16H2,2-6H3/b17-14+. The van der Waals surface area contributed by atoms with Gasteiger partial charge in [0.15, 0.2) is 0 Å². The van der Waals surface area contributed by atoms with E-state index in [1.54, 1.807) is 28.4 Å². The number of fused-ring (bicyclic) bond motifs is 1. The van der Waals surface area contributed by atoms with Crippen LogP contribution in [0.2, 0.25) is 0 Å². The zero-order valence-electron chi connectivity index (χ0n) is 18.0. The van der Waals surface area contributed by atoms with Crippen molar-refractivity contribution >= 4 is 16.8 Å². The van der Waals surface area contributed by atoms with E-state index in [0.29, 0.717) is 6.42 Å². The number of rotatable bonds is 7. The highest BCUT2D eigenvalue weighted by Gasteiger charge is 2.17. The van der Waals surface area contributed by atoms with Crippen LogP contribution in [0.4, 0.5) is 0 Å². The smallest absolute Gasteiger partial charge is 0.123 e. The molecular formula is C26H26O4. The highest BCUT2D eigenvalue weighted by Crippen LogP contribution is 2.37. The first-order valence-electron chi connectivity index (χ1n) is 9.58. The lowest BCUT2D eigenvalue weighted by atomic mass is 9.91. The minimum absolute atomic E-state index is 0.565. The second-order valence-corrected chi connectivity index (χ2v) is 6.82. The van der Waals surface area contributed by atoms with Crippen LogP contribution in [-0.2, 0) is 11.2 Å². The van der Waals surface area contributed by atoms with E-state index in [-0.39, 0.29) is 0 Å². The average molecular weight is 402 g/mol. The zero-order chi connectivity index (χ0) is 21.7. The Morgan fingerprint density at radius 3 is 2.20 bits per heavy atom. The highest BCUT2D eigenvalue weighted by atomic mass is 16.5. The van der Waals surface area contributed by atoms with Crippen molar-refractivity contribution in [2.24, 2.45) is 0 Å². The van der Waals surface area contributed by atoms with E-state index in [4.69, 9.17) is 25.4 Å². The molecule has 0 heterocycles. The lowest BCUT2D eigenvalue weighted by Crippen LogP contribution is -2.02. The number of methoxy groups -OCH3 is 4. The lowest BCUT2D eigenvalue weighted by molar-refractivity contribution is 0.297. The molecule has 3 rings (SSSR count). The topological polar surface area (TPSA) is 36.9 Å². The zero-order valence-corrected chi connectivity index (χ0v) is 18.0. The molecule has 0 radical (unpaired) electrons. The van der Waals surface area contributed by atoms with Crippen LogP contribution < -0.4 is 14.2 Å². The number of hydrogen-bond acceptors (Lipinski definition) is 4. The Labute approximate surface area is 178 Å². The van der Waals surface area contributed by atoms with Crippen molar-refractivity contribution in [2.75, 3.05) is 28.4 Å². The summed E-state index contributed by atoms with van der Waals surface area (Å²) in [4.78, 5) is 0. The van der Waals surface area contributed by atoms with Crippen LogP contribution in [0.1, 0.15) is 29.2 Å². The summed E-state index contributed by atoms with van der Waals surface area (Å²) in [7, 11) is 6.64. The lowest BCUT2D eigenvalue weighted by Gasteiger charge is -2.18. The van der Waals surface area contributed by atoms with Crippen LogP contribution >= 0.6 is 0 Å². The normalized spacial score (nSPS) is 11.1. The molecular weight excluding hydrogens is 376 g/mol. The monoisotopic (exact) mass is 402 g/mol. The fourth-order valence-corrected chi connectivity index (χ4v) is 3.59. The SMILES string of the molecule is C#Cc1ccc(OC)c(Cc2c(OC)ccc3ccc(OC)cc23)c1/C=C(\C)OC. The molecule has 0 N–H and O–H groups in total. The van der Waals surface area contributed by atoms with Crippen LogP contribution in [0.15, 0.2) is 48.2 Å². The first-order valence-corrected chi connectivity index (χ1v) is 9.58. The maximum absolute atomic E-state index is 5.80. The number of hydrogen-bond donors (Lipinski definition) is 0. The molecule has 4 heteroatoms. The number of allylic oxidation sites excluding steroid dienone is 1. The van der Waals surface area contributed by atoms with E-state index < -0.39 is 0 Å². The Morgan fingerprint density at radius 2 is 1.57 bits per heavy atom. The van der Waals surface area contributed by atoms with Gasteiger partial charge in [0.25, 0.3) is 0 Å². The maximum atomic E-state index is 5.80. The molecule has 0 aliphatic carbocycles. The molecule has 0 saturated heterocycles. The van der Waals surface area contributed by atoms with Crippen LogP contribution in [0, 0.1) is 12.3 Å². The van der Waals surface area contributed by atoms with Crippen molar-refractivity contribution in [1.82, 2.24) is 0 Å². The Kier molecular flexibility index (Phi) is 6.54. The van der Waals surface area contributed by atoms with Gasteiger partial charge in [0.05, 0.1) is 34.2 Å². The van der Waals surface area contributed by atoms with Crippen molar-refractivity contribution in [3.63, 3.8) is 0 Å². The minimum atomic E-state index is 0.565. The van der Waals surface area contributed by atoms with Gasteiger partial charge in [0.1, 0.15) is 17.2 Å². The molecule has 0 atom stereocenters. The summed E-state index contributed by atoms with van der Waals surface area (Å²) in [5.41, 5.74) is 3.68. The Hall–Kier alpha value is -3.58. The molecule has 3 aromatic rings. The van der Waals surface area contributed by atoms with Crippen LogP contribution in [0.5, 0.6) is 17.2 Å². The predicted molar refractivity (Wildman–Crippen MR) is 121 cm³/mol. The summed E-state index contributed by atoms with van der Waals surface area (Å²) < 4.78 is 22.3. The van der Waals surface area contributed by atoms with Gasteiger partial charge in [0.2, 0.25) is 0 Å². The van der Waals surface area contributed by atoms with Gasteiger partial charge < -0.3 is 18.9 Å². The summed E-state index contributed by atoms with van der Waals surface area (Å²) in [5, 5.41) is 2.16. The van der Waals surface area contributed by atoms with Gasteiger partial charge in [-0.3, -0.25) is 0 Å². The minimum Gasteiger partial charge on any atom is -0.501 e. The quantitative estimate of drug-likeness (QED) is 0.389. The van der Waals surface area contributed by atoms with Crippen LogP contribution in [-0.4, -0.2) is 28.4 Å². The van der Waals surface area contributed by atoms with E-state index in [2.05, 4.69) is 5.92 Å². The van der Waals surface area contributed by atoms with E-state index in [0.717, 1.165) is 56.0 Å². The third-order valence-electron chi connectivity index (χ3n) is 5.23. The van der Waals surface area contributed by atoms with Crippen LogP contribution in [0.25, 0.3) is 16.8 Å². The fourth-order valence-electron chi connectivity index (χ4n) is 3.59. The summed E-state index contributed by atoms with van der Waals surface area (Å²) in [6, 6.07) is 13.8. The van der Waals surface area contributed by atoms with Gasteiger partial charge >= 0.3 is 0 Å². The predicted octanol–water partition coefficient (Wildman–Crippen LogP) is 5.44. The van der Waals surface area contributed by atoms with Gasteiger partial charge in [0, 0.05) is 28.7 Å². The van der Waals surface area contributed by atoms with Crippen molar-refractivity contribution in [3.05, 3.63) is 70.5 Å². The molecule has 30 heavy (non-hydrogen) atoms. The summed E-state index contributed by atoms with van der Waals surface area (Å²) >= 11 is 0. The van der Waals surface area contributed by atoms with Gasteiger partial charge in [-0.1, -0.05) is 18.1 Å². The molecule has 0 saturated carbocycles. The number of benzene rings is 3. The molecule has 3 aromatic carbocycles.